The number of aliphatic imine (C=N–C) groups is 1. The molecule has 0 fully saturated rings. The Labute approximate surface area is 79.5 Å². The van der Waals surface area contributed by atoms with Gasteiger partial charge in [-0.2, -0.15) is 0 Å². The zero-order valence-corrected chi connectivity index (χ0v) is 8.54. The van der Waals surface area contributed by atoms with Gasteiger partial charge < -0.3 is 9.47 Å². The second-order valence-corrected chi connectivity index (χ2v) is 3.73. The highest BCUT2D eigenvalue weighted by Crippen LogP contribution is 2.17. The van der Waals surface area contributed by atoms with Gasteiger partial charge in [-0.1, -0.05) is 6.08 Å². The van der Waals surface area contributed by atoms with Crippen molar-refractivity contribution >= 4 is 5.90 Å². The smallest absolute Gasteiger partial charge is 0.208 e. The molecule has 0 atom stereocenters. The van der Waals surface area contributed by atoms with Crippen molar-refractivity contribution < 1.29 is 9.47 Å². The molecule has 3 nitrogen and oxygen atoms in total. The fourth-order valence-electron chi connectivity index (χ4n) is 1.07. The molecule has 0 radical (unpaired) electrons. The molecule has 0 aliphatic carbocycles. The third kappa shape index (κ3) is 3.59. The first kappa shape index (κ1) is 10.3. The van der Waals surface area contributed by atoms with Crippen LogP contribution in [0.5, 0.6) is 0 Å². The van der Waals surface area contributed by atoms with Gasteiger partial charge in [0.15, 0.2) is 0 Å². The summed E-state index contributed by atoms with van der Waals surface area (Å²) in [6, 6.07) is 0. The van der Waals surface area contributed by atoms with E-state index in [1.165, 1.54) is 0 Å². The van der Waals surface area contributed by atoms with Crippen LogP contribution in [0.4, 0.5) is 0 Å². The van der Waals surface area contributed by atoms with Gasteiger partial charge in [0.2, 0.25) is 5.90 Å². The Hall–Kier alpha value is -0.830. The molecule has 0 aromatic heterocycles. The molecule has 0 unspecified atom stereocenters. The fourth-order valence-corrected chi connectivity index (χ4v) is 1.07. The third-order valence-corrected chi connectivity index (χ3v) is 1.74. The molecule has 1 rings (SSSR count). The van der Waals surface area contributed by atoms with Crippen LogP contribution in [-0.2, 0) is 9.47 Å². The van der Waals surface area contributed by atoms with Gasteiger partial charge in [-0.25, -0.2) is 4.99 Å². The first-order valence-electron chi connectivity index (χ1n) is 4.52. The monoisotopic (exact) mass is 183 g/mol. The van der Waals surface area contributed by atoms with Crippen LogP contribution in [0.25, 0.3) is 0 Å². The van der Waals surface area contributed by atoms with Crippen molar-refractivity contribution in [3.8, 4) is 0 Å². The molecule has 0 aromatic carbocycles. The van der Waals surface area contributed by atoms with Crippen molar-refractivity contribution in [2.45, 2.75) is 25.8 Å². The van der Waals surface area contributed by atoms with E-state index in [1.54, 1.807) is 7.11 Å². The van der Waals surface area contributed by atoms with Crippen molar-refractivity contribution in [2.24, 2.45) is 4.99 Å². The molecule has 1 aliphatic rings. The SMILES string of the molecule is COCCC=CC1=NC(C)(C)CO1. The van der Waals surface area contributed by atoms with Crippen LogP contribution in [0.1, 0.15) is 20.3 Å². The van der Waals surface area contributed by atoms with Crippen molar-refractivity contribution in [2.75, 3.05) is 20.3 Å². The van der Waals surface area contributed by atoms with Crippen LogP contribution < -0.4 is 0 Å². The molecule has 0 saturated heterocycles. The maximum Gasteiger partial charge on any atom is 0.208 e. The maximum atomic E-state index is 5.37. The summed E-state index contributed by atoms with van der Waals surface area (Å²) >= 11 is 0. The predicted octanol–water partition coefficient (Wildman–Crippen LogP) is 1.79. The lowest BCUT2D eigenvalue weighted by Gasteiger charge is -2.07. The molecular weight excluding hydrogens is 166 g/mol. The van der Waals surface area contributed by atoms with Gasteiger partial charge in [-0.3, -0.25) is 0 Å². The van der Waals surface area contributed by atoms with E-state index in [9.17, 15) is 0 Å². The lowest BCUT2D eigenvalue weighted by molar-refractivity contribution is 0.204. The lowest BCUT2D eigenvalue weighted by Crippen LogP contribution is -2.17. The van der Waals surface area contributed by atoms with E-state index in [4.69, 9.17) is 9.47 Å². The van der Waals surface area contributed by atoms with Gasteiger partial charge in [0.05, 0.1) is 5.54 Å². The number of hydrogen-bond acceptors (Lipinski definition) is 3. The number of nitrogens with zero attached hydrogens (tertiary/aromatic N) is 1. The van der Waals surface area contributed by atoms with Crippen LogP contribution in [0, 0.1) is 0 Å². The second kappa shape index (κ2) is 4.42. The Balaban J connectivity index is 2.34. The Morgan fingerprint density at radius 1 is 1.62 bits per heavy atom. The van der Waals surface area contributed by atoms with Gasteiger partial charge >= 0.3 is 0 Å². The minimum Gasteiger partial charge on any atom is -0.475 e. The second-order valence-electron chi connectivity index (χ2n) is 3.73. The third-order valence-electron chi connectivity index (χ3n) is 1.74. The minimum atomic E-state index is -0.0546. The van der Waals surface area contributed by atoms with E-state index < -0.39 is 0 Å². The number of ether oxygens (including phenoxy) is 2. The summed E-state index contributed by atoms with van der Waals surface area (Å²) in [6.45, 7) is 5.54. The highest BCUT2D eigenvalue weighted by Gasteiger charge is 2.24. The first-order chi connectivity index (χ1) is 6.14. The van der Waals surface area contributed by atoms with Crippen molar-refractivity contribution in [1.29, 1.82) is 0 Å². The molecule has 0 aromatic rings. The topological polar surface area (TPSA) is 30.8 Å². The van der Waals surface area contributed by atoms with Gasteiger partial charge in [0.25, 0.3) is 0 Å². The number of rotatable bonds is 4. The minimum absolute atomic E-state index is 0.0546. The van der Waals surface area contributed by atoms with E-state index in [1.807, 2.05) is 12.2 Å². The maximum absolute atomic E-state index is 5.37. The average molecular weight is 183 g/mol. The Kier molecular flexibility index (Phi) is 3.48. The molecule has 0 spiro atoms. The van der Waals surface area contributed by atoms with Crippen LogP contribution in [0.2, 0.25) is 0 Å². The summed E-state index contributed by atoms with van der Waals surface area (Å²) < 4.78 is 10.3. The highest BCUT2D eigenvalue weighted by molar-refractivity contribution is 5.89. The Morgan fingerprint density at radius 2 is 2.38 bits per heavy atom. The van der Waals surface area contributed by atoms with Gasteiger partial charge in [-0.15, -0.1) is 0 Å². The van der Waals surface area contributed by atoms with E-state index in [-0.39, 0.29) is 5.54 Å². The molecule has 74 valence electrons. The van der Waals surface area contributed by atoms with Crippen LogP contribution >= 0.6 is 0 Å². The zero-order chi connectivity index (χ0) is 9.73. The summed E-state index contributed by atoms with van der Waals surface area (Å²) in [5, 5.41) is 0. The van der Waals surface area contributed by atoms with Gasteiger partial charge in [-0.05, 0) is 26.3 Å². The molecule has 1 aliphatic heterocycles. The molecule has 1 heterocycles. The van der Waals surface area contributed by atoms with E-state index in [0.29, 0.717) is 6.61 Å². The highest BCUT2D eigenvalue weighted by atomic mass is 16.5. The van der Waals surface area contributed by atoms with E-state index in [0.717, 1.165) is 18.9 Å². The van der Waals surface area contributed by atoms with Crippen LogP contribution in [0.3, 0.4) is 0 Å². The molecular formula is C10H17NO2. The predicted molar refractivity (Wildman–Crippen MR) is 53.1 cm³/mol. The van der Waals surface area contributed by atoms with Crippen molar-refractivity contribution in [3.05, 3.63) is 12.2 Å². The van der Waals surface area contributed by atoms with Gasteiger partial charge in [0.1, 0.15) is 6.61 Å². The van der Waals surface area contributed by atoms with Gasteiger partial charge in [0, 0.05) is 13.7 Å². The summed E-state index contributed by atoms with van der Waals surface area (Å²) in [5.41, 5.74) is -0.0546. The summed E-state index contributed by atoms with van der Waals surface area (Å²) in [4.78, 5) is 4.38. The van der Waals surface area contributed by atoms with Crippen LogP contribution in [-0.4, -0.2) is 31.8 Å². The lowest BCUT2D eigenvalue weighted by atomic mass is 10.1. The normalized spacial score (nSPS) is 20.4. The molecule has 0 saturated carbocycles. The number of methoxy groups -OCH3 is 1. The quantitative estimate of drug-likeness (QED) is 0.622. The fraction of sp³-hybridized carbons (Fsp3) is 0.700. The summed E-state index contributed by atoms with van der Waals surface area (Å²) in [5.74, 6) is 0.737. The van der Waals surface area contributed by atoms with Crippen molar-refractivity contribution in [1.82, 2.24) is 0 Å². The zero-order valence-electron chi connectivity index (χ0n) is 8.54. The first-order valence-corrected chi connectivity index (χ1v) is 4.52. The van der Waals surface area contributed by atoms with E-state index in [2.05, 4.69) is 18.8 Å². The summed E-state index contributed by atoms with van der Waals surface area (Å²) in [6.07, 6.45) is 4.83. The molecule has 0 N–H and O–H groups in total. The molecule has 0 amide bonds. The summed E-state index contributed by atoms with van der Waals surface area (Å²) in [7, 11) is 1.69. The Bertz CT molecular complexity index is 219. The largest absolute Gasteiger partial charge is 0.475 e. The van der Waals surface area contributed by atoms with Crippen molar-refractivity contribution in [3.63, 3.8) is 0 Å². The molecule has 3 heteroatoms. The standard InChI is InChI=1S/C10H17NO2/c1-10(2)8-13-9(11-10)6-4-5-7-12-3/h4,6H,5,7-8H2,1-3H3. The van der Waals surface area contributed by atoms with Crippen LogP contribution in [0.15, 0.2) is 17.1 Å². The molecule has 0 bridgehead atoms. The Morgan fingerprint density at radius 3 is 2.92 bits per heavy atom. The average Bonchev–Trinajstić information content (AvgIpc) is 2.40. The van der Waals surface area contributed by atoms with E-state index >= 15 is 0 Å². The molecule has 13 heavy (non-hydrogen) atoms. The number of hydrogen-bond donors (Lipinski definition) is 0.